The third-order valence-corrected chi connectivity index (χ3v) is 3.05. The van der Waals surface area contributed by atoms with Gasteiger partial charge in [0.25, 0.3) is 0 Å². The summed E-state index contributed by atoms with van der Waals surface area (Å²) in [5, 5.41) is 0.751. The fourth-order valence-corrected chi connectivity index (χ4v) is 1.69. The van der Waals surface area contributed by atoms with Crippen molar-refractivity contribution in [3.63, 3.8) is 0 Å². The van der Waals surface area contributed by atoms with Gasteiger partial charge in [-0.15, -0.1) is 0 Å². The van der Waals surface area contributed by atoms with E-state index in [9.17, 15) is 4.57 Å². The molecule has 0 bridgehead atoms. The summed E-state index contributed by atoms with van der Waals surface area (Å²) >= 11 is 3.24. The van der Waals surface area contributed by atoms with E-state index in [1.54, 1.807) is 12.1 Å². The lowest BCUT2D eigenvalue weighted by Gasteiger charge is -2.03. The zero-order valence-corrected chi connectivity index (χ0v) is 8.62. The number of alkyl halides is 1. The lowest BCUT2D eigenvalue weighted by Crippen LogP contribution is -2.02. The Morgan fingerprint density at radius 1 is 1.25 bits per heavy atom. The second kappa shape index (κ2) is 3.71. The molecule has 12 heavy (non-hydrogen) atoms. The van der Waals surface area contributed by atoms with Crippen molar-refractivity contribution in [3.05, 3.63) is 29.8 Å². The monoisotopic (exact) mass is 250 g/mol. The number of halogens is 1. The highest BCUT2D eigenvalue weighted by molar-refractivity contribution is 9.08. The van der Waals surface area contributed by atoms with Gasteiger partial charge in [0.2, 0.25) is 0 Å². The quantitative estimate of drug-likeness (QED) is 0.616. The molecule has 3 nitrogen and oxygen atoms in total. The van der Waals surface area contributed by atoms with Gasteiger partial charge in [0, 0.05) is 5.33 Å². The predicted molar refractivity (Wildman–Crippen MR) is 50.8 cm³/mol. The highest BCUT2D eigenvalue weighted by Crippen LogP contribution is 2.32. The van der Waals surface area contributed by atoms with Gasteiger partial charge in [-0.1, -0.05) is 28.1 Å². The van der Waals surface area contributed by atoms with E-state index in [-0.39, 0.29) is 5.30 Å². The fourth-order valence-electron chi connectivity index (χ4n) is 0.779. The first-order valence-corrected chi connectivity index (χ1v) is 5.98. The summed E-state index contributed by atoms with van der Waals surface area (Å²) in [7, 11) is -4.06. The molecule has 0 radical (unpaired) electrons. The van der Waals surface area contributed by atoms with Crippen LogP contribution in [-0.4, -0.2) is 9.79 Å². The molecule has 0 saturated heterocycles. The highest BCUT2D eigenvalue weighted by Gasteiger charge is 2.15. The molecule has 1 aromatic rings. The molecular weight excluding hydrogens is 243 g/mol. The van der Waals surface area contributed by atoms with Crippen molar-refractivity contribution in [3.8, 4) is 0 Å². The molecule has 0 aromatic heterocycles. The second-order valence-electron chi connectivity index (χ2n) is 2.34. The Balaban J connectivity index is 3.01. The molecule has 0 atom stereocenters. The molecule has 0 aliphatic heterocycles. The molecule has 1 aromatic carbocycles. The maximum absolute atomic E-state index is 10.7. The first-order valence-electron chi connectivity index (χ1n) is 3.25. The standard InChI is InChI=1S/C7H8BrO3P/c8-5-6-1-3-7(4-2-6)12(9,10)11/h1-4H,5H2,(H2,9,10,11). The number of benzene rings is 1. The van der Waals surface area contributed by atoms with Crippen LogP contribution in [0.2, 0.25) is 0 Å². The molecule has 0 unspecified atom stereocenters. The minimum absolute atomic E-state index is 0.0622. The van der Waals surface area contributed by atoms with E-state index in [2.05, 4.69) is 15.9 Å². The van der Waals surface area contributed by atoms with E-state index < -0.39 is 7.60 Å². The maximum Gasteiger partial charge on any atom is 0.356 e. The Kier molecular flexibility index (Phi) is 3.07. The summed E-state index contributed by atoms with van der Waals surface area (Å²) in [5.41, 5.74) is 0.993. The average molecular weight is 251 g/mol. The van der Waals surface area contributed by atoms with Crippen molar-refractivity contribution in [2.45, 2.75) is 5.33 Å². The van der Waals surface area contributed by atoms with Crippen LogP contribution in [0.1, 0.15) is 5.56 Å². The van der Waals surface area contributed by atoms with Crippen molar-refractivity contribution >= 4 is 28.8 Å². The SMILES string of the molecule is O=P(O)(O)c1ccc(CBr)cc1. The van der Waals surface area contributed by atoms with Crippen LogP contribution in [0.25, 0.3) is 0 Å². The minimum Gasteiger partial charge on any atom is -0.321 e. The van der Waals surface area contributed by atoms with Gasteiger partial charge in [-0.05, 0) is 17.7 Å². The maximum atomic E-state index is 10.7. The Morgan fingerprint density at radius 3 is 2.08 bits per heavy atom. The van der Waals surface area contributed by atoms with Crippen molar-refractivity contribution in [1.29, 1.82) is 0 Å². The molecule has 0 spiro atoms. The molecule has 0 aliphatic carbocycles. The Hall–Kier alpha value is -0.150. The first-order chi connectivity index (χ1) is 5.54. The smallest absolute Gasteiger partial charge is 0.321 e. The van der Waals surface area contributed by atoms with Crippen LogP contribution in [0.3, 0.4) is 0 Å². The molecule has 1 rings (SSSR count). The lowest BCUT2D eigenvalue weighted by molar-refractivity contribution is 0.387. The predicted octanol–water partition coefficient (Wildman–Crippen LogP) is 1.38. The number of hydrogen-bond donors (Lipinski definition) is 2. The van der Waals surface area contributed by atoms with Gasteiger partial charge in [0.05, 0.1) is 5.30 Å². The summed E-state index contributed by atoms with van der Waals surface area (Å²) in [6, 6.07) is 6.25. The molecule has 2 N–H and O–H groups in total. The first kappa shape index (κ1) is 9.93. The van der Waals surface area contributed by atoms with Crippen LogP contribution < -0.4 is 5.30 Å². The van der Waals surface area contributed by atoms with Gasteiger partial charge < -0.3 is 9.79 Å². The Morgan fingerprint density at radius 2 is 1.75 bits per heavy atom. The normalized spacial score (nSPS) is 11.6. The highest BCUT2D eigenvalue weighted by atomic mass is 79.9. The summed E-state index contributed by atoms with van der Waals surface area (Å²) < 4.78 is 10.7. The average Bonchev–Trinajstić information content (AvgIpc) is 2.03. The van der Waals surface area contributed by atoms with Crippen LogP contribution in [-0.2, 0) is 9.90 Å². The molecule has 0 amide bonds. The van der Waals surface area contributed by atoms with Gasteiger partial charge >= 0.3 is 7.60 Å². The number of hydrogen-bond acceptors (Lipinski definition) is 1. The van der Waals surface area contributed by atoms with E-state index in [0.29, 0.717) is 5.33 Å². The van der Waals surface area contributed by atoms with Crippen molar-refractivity contribution in [2.24, 2.45) is 0 Å². The molecule has 0 heterocycles. The van der Waals surface area contributed by atoms with E-state index in [1.807, 2.05) is 0 Å². The Labute approximate surface area is 78.7 Å². The van der Waals surface area contributed by atoms with E-state index in [4.69, 9.17) is 9.79 Å². The zero-order valence-electron chi connectivity index (χ0n) is 6.14. The summed E-state index contributed by atoms with van der Waals surface area (Å²) in [4.78, 5) is 17.5. The molecule has 0 saturated carbocycles. The van der Waals surface area contributed by atoms with Crippen LogP contribution in [0, 0.1) is 0 Å². The lowest BCUT2D eigenvalue weighted by atomic mass is 10.2. The second-order valence-corrected chi connectivity index (χ2v) is 4.51. The van der Waals surface area contributed by atoms with Crippen LogP contribution in [0.4, 0.5) is 0 Å². The third-order valence-electron chi connectivity index (χ3n) is 1.43. The summed E-state index contributed by atoms with van der Waals surface area (Å²) in [6.45, 7) is 0. The minimum atomic E-state index is -4.06. The summed E-state index contributed by atoms with van der Waals surface area (Å²) in [6.07, 6.45) is 0. The number of rotatable bonds is 2. The van der Waals surface area contributed by atoms with Gasteiger partial charge in [0.1, 0.15) is 0 Å². The van der Waals surface area contributed by atoms with E-state index >= 15 is 0 Å². The Bertz CT molecular complexity index is 303. The molecule has 66 valence electrons. The van der Waals surface area contributed by atoms with Crippen LogP contribution in [0.15, 0.2) is 24.3 Å². The van der Waals surface area contributed by atoms with Gasteiger partial charge in [-0.2, -0.15) is 0 Å². The molecule has 5 heteroatoms. The van der Waals surface area contributed by atoms with Crippen molar-refractivity contribution < 1.29 is 14.4 Å². The molecule has 0 aliphatic rings. The molecule has 0 fully saturated rings. The third kappa shape index (κ3) is 2.42. The zero-order chi connectivity index (χ0) is 9.19. The van der Waals surface area contributed by atoms with Crippen molar-refractivity contribution in [2.75, 3.05) is 0 Å². The fraction of sp³-hybridized carbons (Fsp3) is 0.143. The molecular formula is C7H8BrO3P. The van der Waals surface area contributed by atoms with Gasteiger partial charge in [0.15, 0.2) is 0 Å². The van der Waals surface area contributed by atoms with Gasteiger partial charge in [-0.3, -0.25) is 4.57 Å². The van der Waals surface area contributed by atoms with Crippen molar-refractivity contribution in [1.82, 2.24) is 0 Å². The topological polar surface area (TPSA) is 57.5 Å². The van der Waals surface area contributed by atoms with E-state index in [1.165, 1.54) is 12.1 Å². The van der Waals surface area contributed by atoms with Crippen LogP contribution in [0.5, 0.6) is 0 Å². The van der Waals surface area contributed by atoms with Gasteiger partial charge in [-0.25, -0.2) is 0 Å². The summed E-state index contributed by atoms with van der Waals surface area (Å²) in [5.74, 6) is 0. The van der Waals surface area contributed by atoms with Crippen LogP contribution >= 0.6 is 23.5 Å². The van der Waals surface area contributed by atoms with E-state index in [0.717, 1.165) is 5.56 Å². The largest absolute Gasteiger partial charge is 0.356 e.